The number of aromatic nitrogens is 2. The van der Waals surface area contributed by atoms with Gasteiger partial charge >= 0.3 is 5.69 Å². The van der Waals surface area contributed by atoms with E-state index >= 15 is 0 Å². The van der Waals surface area contributed by atoms with E-state index in [0.717, 1.165) is 5.56 Å². The van der Waals surface area contributed by atoms with Crippen LogP contribution in [0.3, 0.4) is 0 Å². The summed E-state index contributed by atoms with van der Waals surface area (Å²) in [5.74, 6) is 0. The molecular weight excluding hydrogens is 282 g/mol. The summed E-state index contributed by atoms with van der Waals surface area (Å²) >= 11 is 5.43. The molecule has 20 heavy (non-hydrogen) atoms. The largest absolute Gasteiger partial charge is 0.312 e. The SMILES string of the molecule is Cc1nn(Cc2cccc(C(=O)Cl)c2)c(C)c1[N+](=O)[O-]. The third-order valence-corrected chi connectivity index (χ3v) is 3.23. The van der Waals surface area contributed by atoms with Crippen molar-refractivity contribution in [3.05, 3.63) is 56.9 Å². The first-order valence-corrected chi connectivity index (χ1v) is 6.25. The van der Waals surface area contributed by atoms with Crippen molar-refractivity contribution < 1.29 is 9.72 Å². The summed E-state index contributed by atoms with van der Waals surface area (Å²) in [4.78, 5) is 21.6. The van der Waals surface area contributed by atoms with Crippen LogP contribution in [-0.2, 0) is 6.54 Å². The maximum atomic E-state index is 11.1. The van der Waals surface area contributed by atoms with Gasteiger partial charge < -0.3 is 0 Å². The average molecular weight is 294 g/mol. The van der Waals surface area contributed by atoms with Crippen LogP contribution in [0.15, 0.2) is 24.3 Å². The van der Waals surface area contributed by atoms with E-state index in [9.17, 15) is 14.9 Å². The molecule has 0 fully saturated rings. The van der Waals surface area contributed by atoms with Gasteiger partial charge in [0.1, 0.15) is 11.4 Å². The van der Waals surface area contributed by atoms with E-state index in [2.05, 4.69) is 5.10 Å². The topological polar surface area (TPSA) is 78.0 Å². The van der Waals surface area contributed by atoms with E-state index in [1.165, 1.54) is 0 Å². The lowest BCUT2D eigenvalue weighted by atomic mass is 10.1. The van der Waals surface area contributed by atoms with Gasteiger partial charge in [0, 0.05) is 5.56 Å². The molecule has 0 N–H and O–H groups in total. The van der Waals surface area contributed by atoms with Crippen molar-refractivity contribution in [2.24, 2.45) is 0 Å². The van der Waals surface area contributed by atoms with Crippen molar-refractivity contribution in [3.63, 3.8) is 0 Å². The number of rotatable bonds is 4. The summed E-state index contributed by atoms with van der Waals surface area (Å²) in [7, 11) is 0. The van der Waals surface area contributed by atoms with Crippen molar-refractivity contribution in [1.82, 2.24) is 9.78 Å². The Bertz CT molecular complexity index is 694. The van der Waals surface area contributed by atoms with Crippen LogP contribution in [0.25, 0.3) is 0 Å². The third-order valence-electron chi connectivity index (χ3n) is 3.01. The second-order valence-corrected chi connectivity index (χ2v) is 4.75. The molecule has 0 saturated carbocycles. The van der Waals surface area contributed by atoms with Crippen LogP contribution < -0.4 is 0 Å². The molecule has 0 radical (unpaired) electrons. The van der Waals surface area contributed by atoms with Crippen LogP contribution in [0.1, 0.15) is 27.3 Å². The number of carbonyl (C=O) groups excluding carboxylic acids is 1. The summed E-state index contributed by atoms with van der Waals surface area (Å²) in [6, 6.07) is 6.79. The number of nitro groups is 1. The van der Waals surface area contributed by atoms with Crippen LogP contribution in [0, 0.1) is 24.0 Å². The fraction of sp³-hybridized carbons (Fsp3) is 0.231. The molecular formula is C13H12ClN3O3. The molecule has 0 bridgehead atoms. The number of benzene rings is 1. The molecule has 0 spiro atoms. The third kappa shape index (κ3) is 2.70. The molecule has 104 valence electrons. The quantitative estimate of drug-likeness (QED) is 0.493. The molecule has 0 atom stereocenters. The second-order valence-electron chi connectivity index (χ2n) is 4.41. The first-order valence-electron chi connectivity index (χ1n) is 5.87. The number of halogens is 1. The van der Waals surface area contributed by atoms with Gasteiger partial charge in [0.25, 0.3) is 5.24 Å². The van der Waals surface area contributed by atoms with Crippen molar-refractivity contribution >= 4 is 22.5 Å². The van der Waals surface area contributed by atoms with E-state index in [1.807, 2.05) is 6.07 Å². The normalized spacial score (nSPS) is 10.6. The summed E-state index contributed by atoms with van der Waals surface area (Å²) < 4.78 is 1.55. The highest BCUT2D eigenvalue weighted by molar-refractivity contribution is 6.67. The Morgan fingerprint density at radius 1 is 1.45 bits per heavy atom. The molecule has 0 aliphatic rings. The van der Waals surface area contributed by atoms with Gasteiger partial charge in [-0.1, -0.05) is 18.2 Å². The lowest BCUT2D eigenvalue weighted by Gasteiger charge is -2.05. The molecule has 1 aromatic heterocycles. The Balaban J connectivity index is 2.36. The number of aryl methyl sites for hydroxylation is 1. The van der Waals surface area contributed by atoms with Gasteiger partial charge in [0.05, 0.1) is 11.5 Å². The summed E-state index contributed by atoms with van der Waals surface area (Å²) in [6.45, 7) is 3.59. The standard InChI is InChI=1S/C13H12ClN3O3/c1-8-12(17(19)20)9(2)16(15-8)7-10-4-3-5-11(6-10)13(14)18/h3-6H,7H2,1-2H3. The minimum atomic E-state index is -0.536. The zero-order valence-electron chi connectivity index (χ0n) is 11.0. The predicted octanol–water partition coefficient (Wildman–Crippen LogP) is 2.84. The lowest BCUT2D eigenvalue weighted by molar-refractivity contribution is -0.386. The minimum absolute atomic E-state index is 0.0228. The molecule has 1 heterocycles. The zero-order valence-corrected chi connectivity index (χ0v) is 11.7. The van der Waals surface area contributed by atoms with Crippen molar-refractivity contribution in [1.29, 1.82) is 0 Å². The van der Waals surface area contributed by atoms with E-state index < -0.39 is 10.2 Å². The number of hydrogen-bond donors (Lipinski definition) is 0. The zero-order chi connectivity index (χ0) is 14.9. The Hall–Kier alpha value is -2.21. The highest BCUT2D eigenvalue weighted by atomic mass is 35.5. The van der Waals surface area contributed by atoms with Crippen LogP contribution in [0.5, 0.6) is 0 Å². The van der Waals surface area contributed by atoms with Gasteiger partial charge in [0.2, 0.25) is 0 Å². The fourth-order valence-corrected chi connectivity index (χ4v) is 2.19. The number of carbonyl (C=O) groups is 1. The Kier molecular flexibility index (Phi) is 3.85. The van der Waals surface area contributed by atoms with E-state index in [1.54, 1.807) is 36.7 Å². The van der Waals surface area contributed by atoms with E-state index in [-0.39, 0.29) is 5.69 Å². The Morgan fingerprint density at radius 2 is 2.15 bits per heavy atom. The Labute approximate surface area is 120 Å². The highest BCUT2D eigenvalue weighted by Gasteiger charge is 2.21. The molecule has 0 amide bonds. The first kappa shape index (κ1) is 14.2. The monoisotopic (exact) mass is 293 g/mol. The first-order chi connectivity index (χ1) is 9.40. The predicted molar refractivity (Wildman–Crippen MR) is 74.1 cm³/mol. The lowest BCUT2D eigenvalue weighted by Crippen LogP contribution is -2.05. The van der Waals surface area contributed by atoms with E-state index in [0.29, 0.717) is 23.5 Å². The van der Waals surface area contributed by atoms with Gasteiger partial charge in [0.15, 0.2) is 0 Å². The summed E-state index contributed by atoms with van der Waals surface area (Å²) in [6.07, 6.45) is 0. The van der Waals surface area contributed by atoms with Gasteiger partial charge in [-0.3, -0.25) is 19.6 Å². The van der Waals surface area contributed by atoms with Crippen LogP contribution in [0.2, 0.25) is 0 Å². The molecule has 2 aromatic rings. The smallest absolute Gasteiger partial charge is 0.276 e. The molecule has 6 nitrogen and oxygen atoms in total. The maximum Gasteiger partial charge on any atom is 0.312 e. The van der Waals surface area contributed by atoms with Crippen molar-refractivity contribution in [2.75, 3.05) is 0 Å². The number of hydrogen-bond acceptors (Lipinski definition) is 4. The molecule has 2 rings (SSSR count). The van der Waals surface area contributed by atoms with Gasteiger partial charge in [-0.05, 0) is 37.1 Å². The van der Waals surface area contributed by atoms with Gasteiger partial charge in [-0.2, -0.15) is 5.10 Å². The van der Waals surface area contributed by atoms with Gasteiger partial charge in [-0.15, -0.1) is 0 Å². The number of nitrogens with zero attached hydrogens (tertiary/aromatic N) is 3. The van der Waals surface area contributed by atoms with E-state index in [4.69, 9.17) is 11.6 Å². The molecule has 7 heteroatoms. The minimum Gasteiger partial charge on any atom is -0.276 e. The Morgan fingerprint density at radius 3 is 2.70 bits per heavy atom. The molecule has 0 aliphatic heterocycles. The molecule has 0 unspecified atom stereocenters. The second kappa shape index (κ2) is 5.42. The molecule has 0 aliphatic carbocycles. The van der Waals surface area contributed by atoms with Crippen LogP contribution in [-0.4, -0.2) is 19.9 Å². The maximum absolute atomic E-state index is 11.1. The molecule has 0 saturated heterocycles. The average Bonchev–Trinajstić information content (AvgIpc) is 2.64. The van der Waals surface area contributed by atoms with Gasteiger partial charge in [-0.25, -0.2) is 0 Å². The fourth-order valence-electron chi connectivity index (χ4n) is 2.07. The van der Waals surface area contributed by atoms with Crippen LogP contribution in [0.4, 0.5) is 5.69 Å². The summed E-state index contributed by atoms with van der Waals surface area (Å²) in [5.41, 5.74) is 2.07. The summed E-state index contributed by atoms with van der Waals surface area (Å²) in [5, 5.41) is 14.6. The van der Waals surface area contributed by atoms with Crippen molar-refractivity contribution in [2.45, 2.75) is 20.4 Å². The molecule has 1 aromatic carbocycles. The van der Waals surface area contributed by atoms with Crippen LogP contribution >= 0.6 is 11.6 Å². The highest BCUT2D eigenvalue weighted by Crippen LogP contribution is 2.22. The van der Waals surface area contributed by atoms with Crippen molar-refractivity contribution in [3.8, 4) is 0 Å².